The molecule has 72 valence electrons. The Labute approximate surface area is 79.2 Å². The normalized spacial score (nSPS) is 24.7. The van der Waals surface area contributed by atoms with Crippen LogP contribution in [-0.4, -0.2) is 14.8 Å². The van der Waals surface area contributed by atoms with Gasteiger partial charge in [-0.05, 0) is 10.8 Å². The highest BCUT2D eigenvalue weighted by Crippen LogP contribution is 2.73. The van der Waals surface area contributed by atoms with E-state index >= 15 is 0 Å². The topological polar surface area (TPSA) is 30.7 Å². The summed E-state index contributed by atoms with van der Waals surface area (Å²) in [6.45, 7) is 9.19. The highest BCUT2D eigenvalue weighted by Gasteiger charge is 2.66. The van der Waals surface area contributed by atoms with Gasteiger partial charge in [0.25, 0.3) is 0 Å². The highest BCUT2D eigenvalue weighted by molar-refractivity contribution is 5.26. The van der Waals surface area contributed by atoms with E-state index in [2.05, 4.69) is 37.9 Å². The first-order valence-corrected chi connectivity index (χ1v) is 4.73. The fraction of sp³-hybridized carbons (Fsp3) is 0.800. The molecular weight excluding hydrogens is 162 g/mol. The van der Waals surface area contributed by atoms with E-state index in [4.69, 9.17) is 0 Å². The van der Waals surface area contributed by atoms with Gasteiger partial charge in [-0.2, -0.15) is 0 Å². The summed E-state index contributed by atoms with van der Waals surface area (Å²) in [4.78, 5) is 0. The zero-order chi connectivity index (χ0) is 9.85. The maximum absolute atomic E-state index is 4.18. The molecule has 1 aliphatic carbocycles. The van der Waals surface area contributed by atoms with Gasteiger partial charge in [0.15, 0.2) is 0 Å². The van der Waals surface area contributed by atoms with Crippen LogP contribution in [0.25, 0.3) is 0 Å². The molecule has 0 N–H and O–H groups in total. The molecule has 1 aromatic rings. The summed E-state index contributed by atoms with van der Waals surface area (Å²) in [6.07, 6.45) is 1.78. The van der Waals surface area contributed by atoms with Crippen molar-refractivity contribution in [1.29, 1.82) is 0 Å². The molecule has 1 heterocycles. The standard InChI is InChI=1S/C10H17N3/c1-9(2)7(10(9,3)4)8-12-11-6-13(8)5/h6-7H,1-5H3. The molecule has 0 bridgehead atoms. The van der Waals surface area contributed by atoms with E-state index in [9.17, 15) is 0 Å². The number of aromatic nitrogens is 3. The number of nitrogens with zero attached hydrogens (tertiary/aromatic N) is 3. The molecule has 0 atom stereocenters. The fourth-order valence-electron chi connectivity index (χ4n) is 2.40. The summed E-state index contributed by atoms with van der Waals surface area (Å²) in [5, 5.41) is 8.11. The van der Waals surface area contributed by atoms with Crippen molar-refractivity contribution in [3.63, 3.8) is 0 Å². The van der Waals surface area contributed by atoms with E-state index in [1.807, 2.05) is 11.6 Å². The first kappa shape index (κ1) is 8.73. The van der Waals surface area contributed by atoms with Gasteiger partial charge in [-0.3, -0.25) is 0 Å². The molecular formula is C10H17N3. The summed E-state index contributed by atoms with van der Waals surface area (Å²) in [5.74, 6) is 1.67. The Morgan fingerprint density at radius 2 is 1.77 bits per heavy atom. The molecule has 2 rings (SSSR count). The van der Waals surface area contributed by atoms with Crippen LogP contribution in [0, 0.1) is 10.8 Å². The monoisotopic (exact) mass is 179 g/mol. The minimum absolute atomic E-state index is 0.355. The summed E-state index contributed by atoms with van der Waals surface area (Å²) >= 11 is 0. The molecule has 0 aromatic carbocycles. The lowest BCUT2D eigenvalue weighted by Crippen LogP contribution is -1.98. The molecule has 1 fully saturated rings. The molecule has 3 nitrogen and oxygen atoms in total. The summed E-state index contributed by atoms with van der Waals surface area (Å²) < 4.78 is 2.03. The van der Waals surface area contributed by atoms with E-state index in [-0.39, 0.29) is 0 Å². The first-order chi connectivity index (χ1) is 5.89. The van der Waals surface area contributed by atoms with Gasteiger partial charge in [0.05, 0.1) is 0 Å². The molecule has 0 amide bonds. The predicted octanol–water partition coefficient (Wildman–Crippen LogP) is 1.96. The van der Waals surface area contributed by atoms with E-state index < -0.39 is 0 Å². The van der Waals surface area contributed by atoms with Crippen LogP contribution < -0.4 is 0 Å². The minimum atomic E-state index is 0.355. The Balaban J connectivity index is 2.38. The van der Waals surface area contributed by atoms with Crippen molar-refractivity contribution in [2.24, 2.45) is 17.9 Å². The fourth-order valence-corrected chi connectivity index (χ4v) is 2.40. The third-order valence-electron chi connectivity index (χ3n) is 4.03. The van der Waals surface area contributed by atoms with Gasteiger partial charge in [0.2, 0.25) is 0 Å². The molecule has 0 unspecified atom stereocenters. The summed E-state index contributed by atoms with van der Waals surface area (Å²) in [5.41, 5.74) is 0.710. The maximum Gasteiger partial charge on any atom is 0.136 e. The zero-order valence-corrected chi connectivity index (χ0v) is 9.00. The Hall–Kier alpha value is -0.860. The predicted molar refractivity (Wildman–Crippen MR) is 51.3 cm³/mol. The minimum Gasteiger partial charge on any atom is -0.320 e. The average Bonchev–Trinajstić information content (AvgIpc) is 2.33. The molecule has 1 aromatic heterocycles. The van der Waals surface area contributed by atoms with E-state index in [0.717, 1.165) is 5.82 Å². The van der Waals surface area contributed by atoms with Crippen LogP contribution in [0.3, 0.4) is 0 Å². The van der Waals surface area contributed by atoms with Crippen molar-refractivity contribution in [3.8, 4) is 0 Å². The lowest BCUT2D eigenvalue weighted by molar-refractivity contribution is 0.457. The molecule has 0 radical (unpaired) electrons. The van der Waals surface area contributed by atoms with Crippen LogP contribution in [0.15, 0.2) is 6.33 Å². The number of hydrogen-bond donors (Lipinski definition) is 0. The van der Waals surface area contributed by atoms with Gasteiger partial charge in [0.1, 0.15) is 12.2 Å². The second-order valence-corrected chi connectivity index (χ2v) is 5.18. The highest BCUT2D eigenvalue weighted by atomic mass is 15.3. The van der Waals surface area contributed by atoms with Crippen molar-refractivity contribution >= 4 is 0 Å². The Bertz CT molecular complexity index is 322. The molecule has 1 aliphatic rings. The van der Waals surface area contributed by atoms with Crippen molar-refractivity contribution in [3.05, 3.63) is 12.2 Å². The van der Waals surface area contributed by atoms with Crippen LogP contribution in [0.1, 0.15) is 39.4 Å². The summed E-state index contributed by atoms with van der Waals surface area (Å²) in [6, 6.07) is 0. The third kappa shape index (κ3) is 0.901. The molecule has 0 aliphatic heterocycles. The number of rotatable bonds is 1. The van der Waals surface area contributed by atoms with Crippen LogP contribution in [0.4, 0.5) is 0 Å². The van der Waals surface area contributed by atoms with Gasteiger partial charge >= 0.3 is 0 Å². The lowest BCUT2D eigenvalue weighted by Gasteiger charge is -2.03. The molecule has 3 heteroatoms. The van der Waals surface area contributed by atoms with E-state index in [0.29, 0.717) is 16.7 Å². The second-order valence-electron chi connectivity index (χ2n) is 5.18. The molecule has 0 saturated heterocycles. The number of hydrogen-bond acceptors (Lipinski definition) is 2. The molecule has 13 heavy (non-hydrogen) atoms. The molecule has 1 saturated carbocycles. The Morgan fingerprint density at radius 1 is 1.23 bits per heavy atom. The van der Waals surface area contributed by atoms with Crippen LogP contribution in [-0.2, 0) is 7.05 Å². The zero-order valence-electron chi connectivity index (χ0n) is 9.00. The second kappa shape index (κ2) is 2.14. The van der Waals surface area contributed by atoms with E-state index in [1.54, 1.807) is 6.33 Å². The van der Waals surface area contributed by atoms with Crippen molar-refractivity contribution in [1.82, 2.24) is 14.8 Å². The third-order valence-corrected chi connectivity index (χ3v) is 4.03. The van der Waals surface area contributed by atoms with E-state index in [1.165, 1.54) is 0 Å². The number of aryl methyl sites for hydroxylation is 1. The Kier molecular flexibility index (Phi) is 1.44. The van der Waals surface area contributed by atoms with Crippen molar-refractivity contribution in [2.75, 3.05) is 0 Å². The first-order valence-electron chi connectivity index (χ1n) is 4.73. The average molecular weight is 179 g/mol. The quantitative estimate of drug-likeness (QED) is 0.660. The molecule has 0 spiro atoms. The van der Waals surface area contributed by atoms with Gasteiger partial charge in [-0.1, -0.05) is 27.7 Å². The largest absolute Gasteiger partial charge is 0.320 e. The van der Waals surface area contributed by atoms with Crippen molar-refractivity contribution in [2.45, 2.75) is 33.6 Å². The van der Waals surface area contributed by atoms with Gasteiger partial charge in [-0.15, -0.1) is 10.2 Å². The summed E-state index contributed by atoms with van der Waals surface area (Å²) in [7, 11) is 2.01. The van der Waals surface area contributed by atoms with Gasteiger partial charge in [0, 0.05) is 13.0 Å². The Morgan fingerprint density at radius 3 is 2.08 bits per heavy atom. The lowest BCUT2D eigenvalue weighted by atomic mass is 10.0. The van der Waals surface area contributed by atoms with Gasteiger partial charge < -0.3 is 4.57 Å². The van der Waals surface area contributed by atoms with Crippen molar-refractivity contribution < 1.29 is 0 Å². The van der Waals surface area contributed by atoms with Crippen LogP contribution in [0.2, 0.25) is 0 Å². The maximum atomic E-state index is 4.18. The van der Waals surface area contributed by atoms with Crippen LogP contribution >= 0.6 is 0 Å². The van der Waals surface area contributed by atoms with Gasteiger partial charge in [-0.25, -0.2) is 0 Å². The smallest absolute Gasteiger partial charge is 0.136 e. The SMILES string of the molecule is Cn1cnnc1C1C(C)(C)C1(C)C. The van der Waals surface area contributed by atoms with Crippen LogP contribution in [0.5, 0.6) is 0 Å².